The normalized spacial score (nSPS) is 23.8. The van der Waals surface area contributed by atoms with Gasteiger partial charge in [0.25, 0.3) is 5.91 Å². The number of carboxylic acid groups (broad SMARTS) is 1. The second kappa shape index (κ2) is 11.3. The largest absolute Gasteiger partial charge is 0.481 e. The standard InChI is InChI=1S/C25H35N3O7/c1-3-9-28(35-11-4-2)23(30)15-27-13-18(17-7-8-20-21(12-17)34-16-33-20)24(25(31)32)19(27)14-26-10-5-6-22(26)29/h7-8,12,18-19,24H,3-6,9-11,13-16H2,1-2H3,(H,31,32)/t18-,19+,24-/m1/s1. The predicted octanol–water partition coefficient (Wildman–Crippen LogP) is 2.09. The molecule has 0 radical (unpaired) electrons. The van der Waals surface area contributed by atoms with Gasteiger partial charge >= 0.3 is 5.97 Å². The van der Waals surface area contributed by atoms with Crippen LogP contribution in [0.25, 0.3) is 0 Å². The van der Waals surface area contributed by atoms with Gasteiger partial charge < -0.3 is 19.5 Å². The molecule has 10 heteroatoms. The maximum absolute atomic E-state index is 13.2. The highest BCUT2D eigenvalue weighted by atomic mass is 16.7. The summed E-state index contributed by atoms with van der Waals surface area (Å²) in [5.41, 5.74) is 0.821. The van der Waals surface area contributed by atoms with E-state index < -0.39 is 17.9 Å². The van der Waals surface area contributed by atoms with Crippen LogP contribution in [0.15, 0.2) is 18.2 Å². The van der Waals surface area contributed by atoms with Crippen molar-refractivity contribution in [2.75, 3.05) is 46.1 Å². The minimum atomic E-state index is -0.938. The van der Waals surface area contributed by atoms with Gasteiger partial charge in [0.05, 0.1) is 19.1 Å². The van der Waals surface area contributed by atoms with Crippen LogP contribution in [0.2, 0.25) is 0 Å². The van der Waals surface area contributed by atoms with Gasteiger partial charge in [-0.2, -0.15) is 0 Å². The molecule has 2 fully saturated rings. The fraction of sp³-hybridized carbons (Fsp3) is 0.640. The van der Waals surface area contributed by atoms with E-state index >= 15 is 0 Å². The van der Waals surface area contributed by atoms with Gasteiger partial charge in [-0.3, -0.25) is 24.1 Å². The highest BCUT2D eigenvalue weighted by Gasteiger charge is 2.48. The van der Waals surface area contributed by atoms with E-state index in [1.165, 1.54) is 5.06 Å². The summed E-state index contributed by atoms with van der Waals surface area (Å²) in [4.78, 5) is 47.5. The highest BCUT2D eigenvalue weighted by molar-refractivity contribution is 5.79. The first-order valence-corrected chi connectivity index (χ1v) is 12.5. The number of hydroxylamine groups is 2. The third kappa shape index (κ3) is 5.54. The molecule has 1 aromatic carbocycles. The van der Waals surface area contributed by atoms with Crippen LogP contribution in [0.1, 0.15) is 51.0 Å². The van der Waals surface area contributed by atoms with Gasteiger partial charge in [0.2, 0.25) is 12.7 Å². The van der Waals surface area contributed by atoms with Gasteiger partial charge in [0.1, 0.15) is 0 Å². The zero-order valence-corrected chi connectivity index (χ0v) is 20.5. The van der Waals surface area contributed by atoms with Crippen molar-refractivity contribution in [1.29, 1.82) is 0 Å². The molecule has 3 atom stereocenters. The number of nitrogens with zero attached hydrogens (tertiary/aromatic N) is 3. The lowest BCUT2D eigenvalue weighted by Crippen LogP contribution is -2.49. The molecule has 0 bridgehead atoms. The third-order valence-corrected chi connectivity index (χ3v) is 6.93. The average molecular weight is 490 g/mol. The summed E-state index contributed by atoms with van der Waals surface area (Å²) >= 11 is 0. The van der Waals surface area contributed by atoms with E-state index in [1.54, 1.807) is 11.0 Å². The maximum Gasteiger partial charge on any atom is 0.308 e. The number of carbonyl (C=O) groups excluding carboxylic acids is 2. The average Bonchev–Trinajstić information content (AvgIpc) is 3.55. The first-order valence-electron chi connectivity index (χ1n) is 12.5. The smallest absolute Gasteiger partial charge is 0.308 e. The summed E-state index contributed by atoms with van der Waals surface area (Å²) in [5, 5.41) is 11.7. The fourth-order valence-electron chi connectivity index (χ4n) is 5.24. The summed E-state index contributed by atoms with van der Waals surface area (Å²) < 4.78 is 10.9. The third-order valence-electron chi connectivity index (χ3n) is 6.93. The van der Waals surface area contributed by atoms with E-state index in [4.69, 9.17) is 14.3 Å². The number of ether oxygens (including phenoxy) is 2. The molecular formula is C25H35N3O7. The zero-order valence-electron chi connectivity index (χ0n) is 20.5. The van der Waals surface area contributed by atoms with E-state index in [0.29, 0.717) is 44.2 Å². The molecule has 1 N–H and O–H groups in total. The van der Waals surface area contributed by atoms with Crippen LogP contribution in [-0.4, -0.2) is 89.9 Å². The summed E-state index contributed by atoms with van der Waals surface area (Å²) in [7, 11) is 0. The number of aliphatic carboxylic acids is 1. The van der Waals surface area contributed by atoms with Crippen LogP contribution >= 0.6 is 0 Å². The van der Waals surface area contributed by atoms with Gasteiger partial charge in [0.15, 0.2) is 11.5 Å². The van der Waals surface area contributed by atoms with Crippen molar-refractivity contribution in [2.24, 2.45) is 5.92 Å². The minimum Gasteiger partial charge on any atom is -0.481 e. The highest BCUT2D eigenvalue weighted by Crippen LogP contribution is 2.42. The Balaban J connectivity index is 1.61. The predicted molar refractivity (Wildman–Crippen MR) is 126 cm³/mol. The Hall–Kier alpha value is -2.85. The van der Waals surface area contributed by atoms with Crippen molar-refractivity contribution in [3.8, 4) is 11.5 Å². The number of rotatable bonds is 11. The molecule has 3 aliphatic rings. The van der Waals surface area contributed by atoms with Crippen molar-refractivity contribution in [3.63, 3.8) is 0 Å². The van der Waals surface area contributed by atoms with Gasteiger partial charge in [-0.1, -0.05) is 19.9 Å². The van der Waals surface area contributed by atoms with Gasteiger partial charge in [-0.25, -0.2) is 5.06 Å². The summed E-state index contributed by atoms with van der Waals surface area (Å²) in [6, 6.07) is 5.00. The van der Waals surface area contributed by atoms with Crippen molar-refractivity contribution in [2.45, 2.75) is 51.5 Å². The first kappa shape index (κ1) is 25.2. The topological polar surface area (TPSA) is 109 Å². The zero-order chi connectivity index (χ0) is 24.9. The SMILES string of the molecule is CCCON(CCC)C(=O)CN1C[C@H](c2ccc3c(c2)OCO3)[C@@H](C(=O)O)[C@@H]1CN1CCCC1=O. The number of likely N-dealkylation sites (tertiary alicyclic amines) is 2. The number of carbonyl (C=O) groups is 3. The molecule has 3 aliphatic heterocycles. The molecule has 2 amide bonds. The number of carboxylic acids is 1. The second-order valence-electron chi connectivity index (χ2n) is 9.35. The molecule has 1 aromatic rings. The second-order valence-corrected chi connectivity index (χ2v) is 9.35. The van der Waals surface area contributed by atoms with E-state index in [9.17, 15) is 19.5 Å². The maximum atomic E-state index is 13.2. The number of amides is 2. The Labute approximate surface area is 205 Å². The van der Waals surface area contributed by atoms with Crippen LogP contribution < -0.4 is 9.47 Å². The Morgan fingerprint density at radius 1 is 1.20 bits per heavy atom. The lowest BCUT2D eigenvalue weighted by Gasteiger charge is -2.31. The quantitative estimate of drug-likeness (QED) is 0.471. The Morgan fingerprint density at radius 2 is 2.00 bits per heavy atom. The lowest BCUT2D eigenvalue weighted by atomic mass is 9.85. The molecule has 10 nitrogen and oxygen atoms in total. The molecule has 2 saturated heterocycles. The molecule has 0 saturated carbocycles. The lowest BCUT2D eigenvalue weighted by molar-refractivity contribution is -0.188. The number of hydrogen-bond donors (Lipinski definition) is 1. The van der Waals surface area contributed by atoms with Crippen LogP contribution in [0.3, 0.4) is 0 Å². The van der Waals surface area contributed by atoms with Crippen LogP contribution in [0, 0.1) is 5.92 Å². The van der Waals surface area contributed by atoms with Crippen molar-refractivity contribution >= 4 is 17.8 Å². The molecule has 0 aliphatic carbocycles. The summed E-state index contributed by atoms with van der Waals surface area (Å²) in [6.45, 7) is 6.30. The monoisotopic (exact) mass is 489 g/mol. The molecule has 192 valence electrons. The van der Waals surface area contributed by atoms with Gasteiger partial charge in [0, 0.05) is 44.6 Å². The number of benzene rings is 1. The van der Waals surface area contributed by atoms with Crippen LogP contribution in [0.5, 0.6) is 11.5 Å². The molecule has 0 unspecified atom stereocenters. The molecule has 4 rings (SSSR count). The van der Waals surface area contributed by atoms with Crippen LogP contribution in [0.4, 0.5) is 0 Å². The van der Waals surface area contributed by atoms with E-state index in [1.807, 2.05) is 30.9 Å². The van der Waals surface area contributed by atoms with Crippen molar-refractivity contribution < 1.29 is 33.8 Å². The van der Waals surface area contributed by atoms with Crippen molar-refractivity contribution in [1.82, 2.24) is 14.9 Å². The Morgan fingerprint density at radius 3 is 2.69 bits per heavy atom. The fourth-order valence-corrected chi connectivity index (χ4v) is 5.24. The Kier molecular flexibility index (Phi) is 8.12. The molecule has 0 aromatic heterocycles. The molecular weight excluding hydrogens is 454 g/mol. The van der Waals surface area contributed by atoms with E-state index in [-0.39, 0.29) is 37.6 Å². The van der Waals surface area contributed by atoms with Gasteiger partial charge in [-0.15, -0.1) is 0 Å². The molecule has 35 heavy (non-hydrogen) atoms. The van der Waals surface area contributed by atoms with E-state index in [2.05, 4.69) is 0 Å². The van der Waals surface area contributed by atoms with Crippen molar-refractivity contribution in [3.05, 3.63) is 23.8 Å². The Bertz CT molecular complexity index is 940. The summed E-state index contributed by atoms with van der Waals surface area (Å²) in [5.74, 6) is -1.03. The number of fused-ring (bicyclic) bond motifs is 1. The van der Waals surface area contributed by atoms with Crippen LogP contribution in [-0.2, 0) is 19.2 Å². The van der Waals surface area contributed by atoms with E-state index in [0.717, 1.165) is 24.8 Å². The first-order chi connectivity index (χ1) is 16.9. The minimum absolute atomic E-state index is 0.0290. The van der Waals surface area contributed by atoms with Gasteiger partial charge in [-0.05, 0) is 37.0 Å². The summed E-state index contributed by atoms with van der Waals surface area (Å²) in [6.07, 6.45) is 2.77. The molecule has 0 spiro atoms. The molecule has 3 heterocycles. The number of hydrogen-bond acceptors (Lipinski definition) is 7.